The maximum Gasteiger partial charge on any atom is 0.338 e. The van der Waals surface area contributed by atoms with E-state index in [9.17, 15) is 4.79 Å². The molecule has 6 heteroatoms. The Kier molecular flexibility index (Phi) is 3.22. The summed E-state index contributed by atoms with van der Waals surface area (Å²) in [6.45, 7) is 0.699. The summed E-state index contributed by atoms with van der Waals surface area (Å²) in [7, 11) is 0. The first kappa shape index (κ1) is 10.3. The highest BCUT2D eigenvalue weighted by Gasteiger charge is 2.05. The van der Waals surface area contributed by atoms with Crippen LogP contribution in [0, 0.1) is 0 Å². The SMILES string of the molecule is O=C(OCCn1cnnn1)c1ccccc1. The second-order valence-corrected chi connectivity index (χ2v) is 3.07. The maximum atomic E-state index is 11.5. The molecule has 1 heterocycles. The van der Waals surface area contributed by atoms with Crippen LogP contribution in [0.4, 0.5) is 0 Å². The molecule has 82 valence electrons. The highest BCUT2D eigenvalue weighted by molar-refractivity contribution is 5.89. The number of hydrogen-bond donors (Lipinski definition) is 0. The summed E-state index contributed by atoms with van der Waals surface area (Å²) >= 11 is 0. The number of carbonyl (C=O) groups is 1. The first-order valence-corrected chi connectivity index (χ1v) is 4.79. The van der Waals surface area contributed by atoms with Gasteiger partial charge in [-0.3, -0.25) is 0 Å². The Hall–Kier alpha value is -2.24. The molecule has 0 radical (unpaired) electrons. The van der Waals surface area contributed by atoms with Crippen molar-refractivity contribution in [2.75, 3.05) is 6.61 Å². The lowest BCUT2D eigenvalue weighted by Crippen LogP contribution is -2.11. The van der Waals surface area contributed by atoms with Crippen molar-refractivity contribution in [1.29, 1.82) is 0 Å². The van der Waals surface area contributed by atoms with Crippen molar-refractivity contribution in [3.8, 4) is 0 Å². The quantitative estimate of drug-likeness (QED) is 0.700. The molecule has 0 spiro atoms. The van der Waals surface area contributed by atoms with Gasteiger partial charge in [-0.2, -0.15) is 0 Å². The lowest BCUT2D eigenvalue weighted by atomic mass is 10.2. The summed E-state index contributed by atoms with van der Waals surface area (Å²) in [5.41, 5.74) is 0.541. The second kappa shape index (κ2) is 5.01. The molecule has 0 aliphatic rings. The number of benzene rings is 1. The molecule has 0 bridgehead atoms. The van der Waals surface area contributed by atoms with Crippen LogP contribution in [-0.2, 0) is 11.3 Å². The van der Waals surface area contributed by atoms with Crippen LogP contribution in [0.5, 0.6) is 0 Å². The van der Waals surface area contributed by atoms with Gasteiger partial charge in [-0.25, -0.2) is 9.48 Å². The van der Waals surface area contributed by atoms with Crippen LogP contribution < -0.4 is 0 Å². The van der Waals surface area contributed by atoms with E-state index in [0.717, 1.165) is 0 Å². The molecular weight excluding hydrogens is 208 g/mol. The van der Waals surface area contributed by atoms with Crippen molar-refractivity contribution in [2.24, 2.45) is 0 Å². The van der Waals surface area contributed by atoms with E-state index >= 15 is 0 Å². The molecule has 0 N–H and O–H groups in total. The number of nitrogens with zero attached hydrogens (tertiary/aromatic N) is 4. The average molecular weight is 218 g/mol. The lowest BCUT2D eigenvalue weighted by Gasteiger charge is -2.03. The van der Waals surface area contributed by atoms with Crippen LogP contribution >= 0.6 is 0 Å². The summed E-state index contributed by atoms with van der Waals surface area (Å²) in [5.74, 6) is -0.339. The third-order valence-corrected chi connectivity index (χ3v) is 1.95. The number of hydrogen-bond acceptors (Lipinski definition) is 5. The molecule has 0 fully saturated rings. The summed E-state index contributed by atoms with van der Waals surface area (Å²) in [6.07, 6.45) is 1.47. The van der Waals surface area contributed by atoms with E-state index in [2.05, 4.69) is 15.5 Å². The van der Waals surface area contributed by atoms with Gasteiger partial charge in [0.15, 0.2) is 0 Å². The Labute approximate surface area is 91.8 Å². The molecule has 0 saturated carbocycles. The maximum absolute atomic E-state index is 11.5. The number of tetrazole rings is 1. The molecule has 0 unspecified atom stereocenters. The fourth-order valence-corrected chi connectivity index (χ4v) is 1.17. The smallest absolute Gasteiger partial charge is 0.338 e. The first-order chi connectivity index (χ1) is 7.86. The Morgan fingerprint density at radius 3 is 2.81 bits per heavy atom. The molecule has 6 nitrogen and oxygen atoms in total. The van der Waals surface area contributed by atoms with E-state index in [1.807, 2.05) is 6.07 Å². The Balaban J connectivity index is 1.81. The van der Waals surface area contributed by atoms with Gasteiger partial charge in [0, 0.05) is 0 Å². The van der Waals surface area contributed by atoms with E-state index in [-0.39, 0.29) is 12.6 Å². The van der Waals surface area contributed by atoms with Crippen molar-refractivity contribution < 1.29 is 9.53 Å². The minimum Gasteiger partial charge on any atom is -0.460 e. The molecule has 2 aromatic rings. The zero-order chi connectivity index (χ0) is 11.2. The van der Waals surface area contributed by atoms with Gasteiger partial charge in [0.1, 0.15) is 12.9 Å². The molecule has 0 atom stereocenters. The highest BCUT2D eigenvalue weighted by Crippen LogP contribution is 2.00. The summed E-state index contributed by atoms with van der Waals surface area (Å²) in [5, 5.41) is 10.6. The van der Waals surface area contributed by atoms with E-state index in [0.29, 0.717) is 12.1 Å². The molecule has 0 saturated heterocycles. The van der Waals surface area contributed by atoms with Crippen molar-refractivity contribution in [3.63, 3.8) is 0 Å². The van der Waals surface area contributed by atoms with E-state index in [4.69, 9.17) is 4.74 Å². The van der Waals surface area contributed by atoms with Crippen LogP contribution in [0.2, 0.25) is 0 Å². The van der Waals surface area contributed by atoms with Gasteiger partial charge in [-0.1, -0.05) is 18.2 Å². The van der Waals surface area contributed by atoms with E-state index in [1.54, 1.807) is 24.3 Å². The van der Waals surface area contributed by atoms with Crippen molar-refractivity contribution >= 4 is 5.97 Å². The first-order valence-electron chi connectivity index (χ1n) is 4.79. The molecule has 0 amide bonds. The van der Waals surface area contributed by atoms with Gasteiger partial charge in [0.2, 0.25) is 0 Å². The molecule has 1 aromatic heterocycles. The third kappa shape index (κ3) is 2.63. The van der Waals surface area contributed by atoms with Gasteiger partial charge in [-0.15, -0.1) is 5.10 Å². The second-order valence-electron chi connectivity index (χ2n) is 3.07. The van der Waals surface area contributed by atoms with Crippen LogP contribution in [0.3, 0.4) is 0 Å². The highest BCUT2D eigenvalue weighted by atomic mass is 16.5. The largest absolute Gasteiger partial charge is 0.460 e. The Morgan fingerprint density at radius 1 is 1.31 bits per heavy atom. The number of ether oxygens (including phenoxy) is 1. The molecule has 16 heavy (non-hydrogen) atoms. The van der Waals surface area contributed by atoms with Gasteiger partial charge < -0.3 is 4.74 Å². The predicted octanol–water partition coefficient (Wildman–Crippen LogP) is 0.530. The topological polar surface area (TPSA) is 69.9 Å². The zero-order valence-corrected chi connectivity index (χ0v) is 8.48. The van der Waals surface area contributed by atoms with Crippen molar-refractivity contribution in [1.82, 2.24) is 20.2 Å². The van der Waals surface area contributed by atoms with E-state index in [1.165, 1.54) is 11.0 Å². The van der Waals surface area contributed by atoms with Gasteiger partial charge >= 0.3 is 5.97 Å². The predicted molar refractivity (Wildman–Crippen MR) is 54.5 cm³/mol. The van der Waals surface area contributed by atoms with E-state index < -0.39 is 0 Å². The minimum absolute atomic E-state index is 0.249. The number of carbonyl (C=O) groups excluding carboxylic acids is 1. The number of rotatable bonds is 4. The normalized spacial score (nSPS) is 10.0. The molecule has 0 aliphatic heterocycles. The summed E-state index contributed by atoms with van der Waals surface area (Å²) in [4.78, 5) is 11.5. The minimum atomic E-state index is -0.339. The van der Waals surface area contributed by atoms with Gasteiger partial charge in [0.25, 0.3) is 0 Å². The Morgan fingerprint density at radius 2 is 2.12 bits per heavy atom. The fraction of sp³-hybridized carbons (Fsp3) is 0.200. The van der Waals surface area contributed by atoms with Gasteiger partial charge in [-0.05, 0) is 22.6 Å². The summed E-state index contributed by atoms with van der Waals surface area (Å²) < 4.78 is 6.54. The van der Waals surface area contributed by atoms with Crippen molar-refractivity contribution in [2.45, 2.75) is 6.54 Å². The zero-order valence-electron chi connectivity index (χ0n) is 8.48. The number of esters is 1. The molecule has 2 rings (SSSR count). The van der Waals surface area contributed by atoms with Crippen molar-refractivity contribution in [3.05, 3.63) is 42.2 Å². The lowest BCUT2D eigenvalue weighted by molar-refractivity contribution is 0.0487. The monoisotopic (exact) mass is 218 g/mol. The van der Waals surface area contributed by atoms with Crippen LogP contribution in [0.25, 0.3) is 0 Å². The number of aromatic nitrogens is 4. The van der Waals surface area contributed by atoms with Crippen LogP contribution in [0.1, 0.15) is 10.4 Å². The average Bonchev–Trinajstić information content (AvgIpc) is 2.83. The third-order valence-electron chi connectivity index (χ3n) is 1.95. The van der Waals surface area contributed by atoms with Crippen LogP contribution in [0.15, 0.2) is 36.7 Å². The fourth-order valence-electron chi connectivity index (χ4n) is 1.17. The molecular formula is C10H10N4O2. The molecule has 1 aromatic carbocycles. The van der Waals surface area contributed by atoms with Gasteiger partial charge in [0.05, 0.1) is 12.1 Å². The Bertz CT molecular complexity index is 441. The molecule has 0 aliphatic carbocycles. The van der Waals surface area contributed by atoms with Crippen LogP contribution in [-0.4, -0.2) is 32.8 Å². The summed E-state index contributed by atoms with van der Waals surface area (Å²) in [6, 6.07) is 8.84. The standard InChI is InChI=1S/C10H10N4O2/c15-10(9-4-2-1-3-5-9)16-7-6-14-8-11-12-13-14/h1-5,8H,6-7H2.